The molecule has 0 unspecified atom stereocenters. The Bertz CT molecular complexity index is 852. The molecular formula is C23H27NO4. The molecule has 148 valence electrons. The van der Waals surface area contributed by atoms with Crippen LogP contribution in [-0.4, -0.2) is 26.4 Å². The van der Waals surface area contributed by atoms with Crippen molar-refractivity contribution in [2.45, 2.75) is 27.7 Å². The highest BCUT2D eigenvalue weighted by Gasteiger charge is 2.11. The standard InChI is InChI=1S/C23H27NO4/c1-5-25-20-11-9-17(14-22(20)27-7-3)13-19(16-24)18-10-12-21(26-6-2)23(15-18)28-8-4/h9-15H,5-8H2,1-4H3/b19-13-. The van der Waals surface area contributed by atoms with E-state index in [0.29, 0.717) is 55.0 Å². The summed E-state index contributed by atoms with van der Waals surface area (Å²) in [4.78, 5) is 0. The van der Waals surface area contributed by atoms with Crippen LogP contribution < -0.4 is 18.9 Å². The SMILES string of the molecule is CCOc1ccc(/C=C(/C#N)c2ccc(OCC)c(OCC)c2)cc1OCC. The third kappa shape index (κ3) is 5.43. The largest absolute Gasteiger partial charge is 0.490 e. The summed E-state index contributed by atoms with van der Waals surface area (Å²) in [7, 11) is 0. The molecule has 0 atom stereocenters. The maximum Gasteiger partial charge on any atom is 0.161 e. The highest BCUT2D eigenvalue weighted by atomic mass is 16.5. The topological polar surface area (TPSA) is 60.7 Å². The molecule has 0 saturated heterocycles. The van der Waals surface area contributed by atoms with Gasteiger partial charge in [-0.1, -0.05) is 6.07 Å². The average molecular weight is 381 g/mol. The Kier molecular flexibility index (Phi) is 8.23. The Morgan fingerprint density at radius 3 is 1.79 bits per heavy atom. The van der Waals surface area contributed by atoms with Gasteiger partial charge in [0.05, 0.1) is 38.1 Å². The van der Waals surface area contributed by atoms with Crippen molar-refractivity contribution in [3.05, 3.63) is 47.5 Å². The molecule has 0 N–H and O–H groups in total. The molecular weight excluding hydrogens is 354 g/mol. The molecule has 0 aliphatic carbocycles. The molecule has 0 radical (unpaired) electrons. The van der Waals surface area contributed by atoms with Crippen molar-refractivity contribution in [3.63, 3.8) is 0 Å². The fourth-order valence-corrected chi connectivity index (χ4v) is 2.72. The van der Waals surface area contributed by atoms with E-state index in [1.165, 1.54) is 0 Å². The smallest absolute Gasteiger partial charge is 0.161 e. The lowest BCUT2D eigenvalue weighted by molar-refractivity contribution is 0.287. The van der Waals surface area contributed by atoms with Crippen molar-refractivity contribution in [3.8, 4) is 29.1 Å². The van der Waals surface area contributed by atoms with E-state index in [-0.39, 0.29) is 0 Å². The summed E-state index contributed by atoms with van der Waals surface area (Å²) in [6, 6.07) is 13.4. The molecule has 5 heteroatoms. The van der Waals surface area contributed by atoms with Crippen LogP contribution in [-0.2, 0) is 0 Å². The lowest BCUT2D eigenvalue weighted by atomic mass is 10.0. The predicted octanol–water partition coefficient (Wildman–Crippen LogP) is 5.35. The summed E-state index contributed by atoms with van der Waals surface area (Å²) >= 11 is 0. The molecule has 2 rings (SSSR count). The van der Waals surface area contributed by atoms with E-state index in [2.05, 4.69) is 6.07 Å². The third-order valence-corrected chi connectivity index (χ3v) is 3.85. The first-order chi connectivity index (χ1) is 13.7. The van der Waals surface area contributed by atoms with Crippen LogP contribution in [0.25, 0.3) is 11.6 Å². The molecule has 2 aromatic carbocycles. The van der Waals surface area contributed by atoms with Crippen LogP contribution >= 0.6 is 0 Å². The lowest BCUT2D eigenvalue weighted by Gasteiger charge is -2.13. The summed E-state index contributed by atoms with van der Waals surface area (Å²) in [6.07, 6.45) is 1.82. The second-order valence-corrected chi connectivity index (χ2v) is 5.77. The van der Waals surface area contributed by atoms with Crippen LogP contribution in [0, 0.1) is 11.3 Å². The quantitative estimate of drug-likeness (QED) is 0.410. The van der Waals surface area contributed by atoms with E-state index in [4.69, 9.17) is 18.9 Å². The first kappa shape index (κ1) is 21.2. The number of rotatable bonds is 10. The zero-order valence-electron chi connectivity index (χ0n) is 17.0. The van der Waals surface area contributed by atoms with Gasteiger partial charge in [-0.15, -0.1) is 0 Å². The molecule has 0 bridgehead atoms. The van der Waals surface area contributed by atoms with Crippen LogP contribution in [0.2, 0.25) is 0 Å². The van der Waals surface area contributed by atoms with Gasteiger partial charge in [0, 0.05) is 0 Å². The molecule has 28 heavy (non-hydrogen) atoms. The predicted molar refractivity (Wildman–Crippen MR) is 111 cm³/mol. The molecule has 0 fully saturated rings. The molecule has 0 aromatic heterocycles. The summed E-state index contributed by atoms with van der Waals surface area (Å²) in [5, 5.41) is 9.70. The number of nitriles is 1. The van der Waals surface area contributed by atoms with Crippen LogP contribution in [0.15, 0.2) is 36.4 Å². The molecule has 0 amide bonds. The minimum absolute atomic E-state index is 0.520. The second-order valence-electron chi connectivity index (χ2n) is 5.77. The Labute approximate surface area is 167 Å². The normalized spacial score (nSPS) is 10.9. The zero-order valence-corrected chi connectivity index (χ0v) is 17.0. The van der Waals surface area contributed by atoms with Gasteiger partial charge in [-0.05, 0) is 75.2 Å². The third-order valence-electron chi connectivity index (χ3n) is 3.85. The van der Waals surface area contributed by atoms with E-state index in [9.17, 15) is 5.26 Å². The highest BCUT2D eigenvalue weighted by molar-refractivity contribution is 5.90. The van der Waals surface area contributed by atoms with Gasteiger partial charge < -0.3 is 18.9 Å². The first-order valence-electron chi connectivity index (χ1n) is 9.58. The van der Waals surface area contributed by atoms with Crippen LogP contribution in [0.5, 0.6) is 23.0 Å². The minimum atomic E-state index is 0.520. The van der Waals surface area contributed by atoms with Crippen molar-refractivity contribution in [2.24, 2.45) is 0 Å². The molecule has 0 heterocycles. The van der Waals surface area contributed by atoms with Gasteiger partial charge in [-0.25, -0.2) is 0 Å². The number of nitrogens with zero attached hydrogens (tertiary/aromatic N) is 1. The Balaban J connectivity index is 2.41. The molecule has 0 aliphatic heterocycles. The monoisotopic (exact) mass is 381 g/mol. The van der Waals surface area contributed by atoms with Gasteiger partial charge in [0.2, 0.25) is 0 Å². The molecule has 5 nitrogen and oxygen atoms in total. The van der Waals surface area contributed by atoms with Gasteiger partial charge >= 0.3 is 0 Å². The van der Waals surface area contributed by atoms with Crippen molar-refractivity contribution >= 4 is 11.6 Å². The maximum atomic E-state index is 9.70. The number of ether oxygens (including phenoxy) is 4. The second kappa shape index (κ2) is 10.9. The van der Waals surface area contributed by atoms with Gasteiger partial charge in [0.15, 0.2) is 23.0 Å². The van der Waals surface area contributed by atoms with E-state index in [0.717, 1.165) is 11.1 Å². The lowest BCUT2D eigenvalue weighted by Crippen LogP contribution is -1.99. The molecule has 2 aromatic rings. The average Bonchev–Trinajstić information content (AvgIpc) is 2.70. The molecule has 0 aliphatic rings. The zero-order chi connectivity index (χ0) is 20.4. The van der Waals surface area contributed by atoms with Gasteiger partial charge in [-0.3, -0.25) is 0 Å². The molecule has 0 saturated carbocycles. The fourth-order valence-electron chi connectivity index (χ4n) is 2.72. The van der Waals surface area contributed by atoms with E-state index >= 15 is 0 Å². The van der Waals surface area contributed by atoms with Gasteiger partial charge in [0.25, 0.3) is 0 Å². The first-order valence-corrected chi connectivity index (χ1v) is 9.58. The van der Waals surface area contributed by atoms with Gasteiger partial charge in [-0.2, -0.15) is 5.26 Å². The molecule has 0 spiro atoms. The number of hydrogen-bond donors (Lipinski definition) is 0. The minimum Gasteiger partial charge on any atom is -0.490 e. The van der Waals surface area contributed by atoms with E-state index in [1.54, 1.807) is 0 Å². The van der Waals surface area contributed by atoms with Crippen LogP contribution in [0.1, 0.15) is 38.8 Å². The van der Waals surface area contributed by atoms with Crippen molar-refractivity contribution in [1.29, 1.82) is 5.26 Å². The van der Waals surface area contributed by atoms with Crippen molar-refractivity contribution < 1.29 is 18.9 Å². The van der Waals surface area contributed by atoms with Crippen LogP contribution in [0.3, 0.4) is 0 Å². The van der Waals surface area contributed by atoms with Crippen LogP contribution in [0.4, 0.5) is 0 Å². The van der Waals surface area contributed by atoms with Crippen molar-refractivity contribution in [2.75, 3.05) is 26.4 Å². The van der Waals surface area contributed by atoms with Gasteiger partial charge in [0.1, 0.15) is 0 Å². The maximum absolute atomic E-state index is 9.70. The number of hydrogen-bond acceptors (Lipinski definition) is 5. The summed E-state index contributed by atoms with van der Waals surface area (Å²) in [5.41, 5.74) is 2.15. The summed E-state index contributed by atoms with van der Waals surface area (Å²) in [6.45, 7) is 9.86. The Hall–Kier alpha value is -3.13. The van der Waals surface area contributed by atoms with E-state index < -0.39 is 0 Å². The number of allylic oxidation sites excluding steroid dienone is 1. The Morgan fingerprint density at radius 2 is 1.25 bits per heavy atom. The fraction of sp³-hybridized carbons (Fsp3) is 0.348. The van der Waals surface area contributed by atoms with Crippen molar-refractivity contribution in [1.82, 2.24) is 0 Å². The Morgan fingerprint density at radius 1 is 0.750 bits per heavy atom. The summed E-state index contributed by atoms with van der Waals surface area (Å²) < 4.78 is 22.5. The number of benzene rings is 2. The summed E-state index contributed by atoms with van der Waals surface area (Å²) in [5.74, 6) is 2.66. The highest BCUT2D eigenvalue weighted by Crippen LogP contribution is 2.33. The van der Waals surface area contributed by atoms with E-state index in [1.807, 2.05) is 70.2 Å².